The van der Waals surface area contributed by atoms with Crippen LogP contribution < -0.4 is 10.6 Å². The first-order valence-electron chi connectivity index (χ1n) is 5.79. The summed E-state index contributed by atoms with van der Waals surface area (Å²) in [5.41, 5.74) is 1.35. The van der Waals surface area contributed by atoms with Gasteiger partial charge in [0.1, 0.15) is 5.82 Å². The summed E-state index contributed by atoms with van der Waals surface area (Å²) in [5.74, 6) is -0.671. The van der Waals surface area contributed by atoms with Crippen LogP contribution in [0.5, 0.6) is 0 Å². The Balaban J connectivity index is 1.92. The Morgan fingerprint density at radius 1 is 1.25 bits per heavy atom. The van der Waals surface area contributed by atoms with Gasteiger partial charge in [-0.15, -0.1) is 0 Å². The van der Waals surface area contributed by atoms with Gasteiger partial charge >= 0.3 is 0 Å². The van der Waals surface area contributed by atoms with Gasteiger partial charge in [-0.25, -0.2) is 4.39 Å². The summed E-state index contributed by atoms with van der Waals surface area (Å²) >= 11 is 7.81. The minimum absolute atomic E-state index is 0.0213. The second-order valence-corrected chi connectivity index (χ2v) is 5.58. The van der Waals surface area contributed by atoms with E-state index in [1.165, 1.54) is 18.2 Å². The number of anilines is 2. The van der Waals surface area contributed by atoms with Crippen molar-refractivity contribution in [3.8, 4) is 0 Å². The Kier molecular flexibility index (Phi) is 5.19. The molecule has 0 aliphatic carbocycles. The Hall–Kier alpha value is -1.34. The lowest BCUT2D eigenvalue weighted by Gasteiger charge is -2.09. The first-order valence-corrected chi connectivity index (χ1v) is 7.25. The molecule has 20 heavy (non-hydrogen) atoms. The maximum atomic E-state index is 13.0. The molecule has 0 saturated carbocycles. The molecule has 104 valence electrons. The molecule has 2 rings (SSSR count). The summed E-state index contributed by atoms with van der Waals surface area (Å²) in [6.45, 7) is 0.0763. The Morgan fingerprint density at radius 2 is 2.00 bits per heavy atom. The third-order valence-corrected chi connectivity index (χ3v) is 3.75. The summed E-state index contributed by atoms with van der Waals surface area (Å²) in [6, 6.07) is 11.7. The maximum absolute atomic E-state index is 13.0. The molecule has 0 fully saturated rings. The topological polar surface area (TPSA) is 41.1 Å². The van der Waals surface area contributed by atoms with E-state index in [4.69, 9.17) is 11.6 Å². The van der Waals surface area contributed by atoms with E-state index in [0.717, 1.165) is 9.26 Å². The summed E-state index contributed by atoms with van der Waals surface area (Å²) < 4.78 is 14.0. The molecule has 0 unspecified atom stereocenters. The van der Waals surface area contributed by atoms with Crippen LogP contribution in [-0.4, -0.2) is 12.5 Å². The van der Waals surface area contributed by atoms with Crippen LogP contribution >= 0.6 is 34.2 Å². The van der Waals surface area contributed by atoms with Crippen LogP contribution in [0, 0.1) is 9.39 Å². The standard InChI is InChI=1S/C14H11ClFIN2O/c15-10-7-9(5-6-11(10)16)18-8-14(20)19-13-4-2-1-3-12(13)17/h1-7,18H,8H2,(H,19,20). The van der Waals surface area contributed by atoms with Gasteiger partial charge in [-0.05, 0) is 52.9 Å². The van der Waals surface area contributed by atoms with Crippen LogP contribution in [0.3, 0.4) is 0 Å². The number of nitrogens with one attached hydrogen (secondary N) is 2. The molecule has 0 aromatic heterocycles. The maximum Gasteiger partial charge on any atom is 0.243 e. The van der Waals surface area contributed by atoms with E-state index in [2.05, 4.69) is 33.2 Å². The molecule has 0 spiro atoms. The highest BCUT2D eigenvalue weighted by molar-refractivity contribution is 14.1. The van der Waals surface area contributed by atoms with Gasteiger partial charge in [0.25, 0.3) is 0 Å². The first kappa shape index (κ1) is 15.1. The second-order valence-electron chi connectivity index (χ2n) is 4.01. The molecule has 0 aliphatic rings. The normalized spacial score (nSPS) is 10.2. The van der Waals surface area contributed by atoms with Crippen molar-refractivity contribution in [3.05, 3.63) is 56.9 Å². The molecule has 2 N–H and O–H groups in total. The van der Waals surface area contributed by atoms with E-state index < -0.39 is 5.82 Å². The smallest absolute Gasteiger partial charge is 0.243 e. The summed E-state index contributed by atoms with van der Waals surface area (Å²) in [5, 5.41) is 5.70. The number of amides is 1. The van der Waals surface area contributed by atoms with Crippen LogP contribution in [0.2, 0.25) is 5.02 Å². The van der Waals surface area contributed by atoms with E-state index >= 15 is 0 Å². The first-order chi connectivity index (χ1) is 9.56. The molecule has 0 aliphatic heterocycles. The number of carbonyl (C=O) groups excluding carboxylic acids is 1. The van der Waals surface area contributed by atoms with Crippen LogP contribution in [0.4, 0.5) is 15.8 Å². The van der Waals surface area contributed by atoms with E-state index in [-0.39, 0.29) is 17.5 Å². The van der Waals surface area contributed by atoms with Crippen molar-refractivity contribution >= 4 is 51.5 Å². The van der Waals surface area contributed by atoms with E-state index in [1.807, 2.05) is 24.3 Å². The van der Waals surface area contributed by atoms with Crippen molar-refractivity contribution in [2.24, 2.45) is 0 Å². The molecule has 0 heterocycles. The lowest BCUT2D eigenvalue weighted by molar-refractivity contribution is -0.114. The van der Waals surface area contributed by atoms with Crippen molar-refractivity contribution in [2.75, 3.05) is 17.2 Å². The Morgan fingerprint density at radius 3 is 2.70 bits per heavy atom. The van der Waals surface area contributed by atoms with Crippen molar-refractivity contribution < 1.29 is 9.18 Å². The van der Waals surface area contributed by atoms with Gasteiger partial charge in [-0.3, -0.25) is 4.79 Å². The zero-order valence-corrected chi connectivity index (χ0v) is 13.2. The zero-order chi connectivity index (χ0) is 14.5. The van der Waals surface area contributed by atoms with Crippen LogP contribution in [0.15, 0.2) is 42.5 Å². The minimum atomic E-state index is -0.486. The molecule has 0 saturated heterocycles. The SMILES string of the molecule is O=C(CNc1ccc(F)c(Cl)c1)Nc1ccccc1I. The fourth-order valence-electron chi connectivity index (χ4n) is 1.55. The van der Waals surface area contributed by atoms with Crippen molar-refractivity contribution in [2.45, 2.75) is 0 Å². The molecule has 3 nitrogen and oxygen atoms in total. The van der Waals surface area contributed by atoms with Gasteiger partial charge in [0, 0.05) is 9.26 Å². The zero-order valence-electron chi connectivity index (χ0n) is 10.3. The fraction of sp³-hybridized carbons (Fsp3) is 0.0714. The quantitative estimate of drug-likeness (QED) is 0.752. The van der Waals surface area contributed by atoms with Crippen LogP contribution in [-0.2, 0) is 4.79 Å². The predicted octanol–water partition coefficient (Wildman–Crippen LogP) is 4.13. The monoisotopic (exact) mass is 404 g/mol. The summed E-state index contributed by atoms with van der Waals surface area (Å²) in [7, 11) is 0. The number of halogens is 3. The second kappa shape index (κ2) is 6.90. The van der Waals surface area contributed by atoms with Gasteiger partial charge in [0.15, 0.2) is 0 Å². The van der Waals surface area contributed by atoms with Crippen molar-refractivity contribution in [1.29, 1.82) is 0 Å². The number of para-hydroxylation sites is 1. The van der Waals surface area contributed by atoms with Crippen LogP contribution in [0.1, 0.15) is 0 Å². The number of benzene rings is 2. The molecule has 1 amide bonds. The number of hydrogen-bond acceptors (Lipinski definition) is 2. The Labute approximate surface area is 134 Å². The molecule has 0 radical (unpaired) electrons. The molecular formula is C14H11ClFIN2O. The molecule has 6 heteroatoms. The van der Waals surface area contributed by atoms with Gasteiger partial charge in [0.2, 0.25) is 5.91 Å². The van der Waals surface area contributed by atoms with Gasteiger partial charge in [-0.2, -0.15) is 0 Å². The number of carbonyl (C=O) groups is 1. The van der Waals surface area contributed by atoms with Gasteiger partial charge in [-0.1, -0.05) is 23.7 Å². The highest BCUT2D eigenvalue weighted by atomic mass is 127. The molecule has 2 aromatic carbocycles. The van der Waals surface area contributed by atoms with Crippen molar-refractivity contribution in [3.63, 3.8) is 0 Å². The highest BCUT2D eigenvalue weighted by Crippen LogP contribution is 2.19. The molecular weight excluding hydrogens is 394 g/mol. The minimum Gasteiger partial charge on any atom is -0.376 e. The number of rotatable bonds is 4. The molecule has 2 aromatic rings. The predicted molar refractivity (Wildman–Crippen MR) is 87.7 cm³/mol. The van der Waals surface area contributed by atoms with Crippen LogP contribution in [0.25, 0.3) is 0 Å². The lowest BCUT2D eigenvalue weighted by atomic mass is 10.3. The fourth-order valence-corrected chi connectivity index (χ4v) is 2.25. The highest BCUT2D eigenvalue weighted by Gasteiger charge is 2.06. The average molecular weight is 405 g/mol. The van der Waals surface area contributed by atoms with Gasteiger partial charge < -0.3 is 10.6 Å². The average Bonchev–Trinajstić information content (AvgIpc) is 2.43. The molecule has 0 bridgehead atoms. The summed E-state index contributed by atoms with van der Waals surface area (Å²) in [6.07, 6.45) is 0. The number of hydrogen-bond donors (Lipinski definition) is 2. The lowest BCUT2D eigenvalue weighted by Crippen LogP contribution is -2.22. The summed E-state index contributed by atoms with van der Waals surface area (Å²) in [4.78, 5) is 11.8. The largest absolute Gasteiger partial charge is 0.376 e. The Bertz CT molecular complexity index is 636. The van der Waals surface area contributed by atoms with Crippen molar-refractivity contribution in [1.82, 2.24) is 0 Å². The third kappa shape index (κ3) is 4.08. The van der Waals surface area contributed by atoms with E-state index in [9.17, 15) is 9.18 Å². The van der Waals surface area contributed by atoms with Gasteiger partial charge in [0.05, 0.1) is 17.3 Å². The van der Waals surface area contributed by atoms with E-state index in [1.54, 1.807) is 0 Å². The third-order valence-electron chi connectivity index (χ3n) is 2.52. The molecule has 0 atom stereocenters. The van der Waals surface area contributed by atoms with E-state index in [0.29, 0.717) is 5.69 Å².